The first kappa shape index (κ1) is 11.7. The Labute approximate surface area is 123 Å². The summed E-state index contributed by atoms with van der Waals surface area (Å²) in [6.45, 7) is 0. The van der Waals surface area contributed by atoms with Crippen LogP contribution in [0.15, 0.2) is 23.2 Å². The molecule has 0 aromatic carbocycles. The Morgan fingerprint density at radius 3 is 2.84 bits per heavy atom. The topological polar surface area (TPSA) is 35.1 Å². The van der Waals surface area contributed by atoms with Crippen LogP contribution in [0.25, 0.3) is 4.96 Å². The first-order valence-electron chi connectivity index (χ1n) is 6.34. The summed E-state index contributed by atoms with van der Waals surface area (Å²) in [5.74, 6) is 0.808. The van der Waals surface area contributed by atoms with Crippen LogP contribution >= 0.6 is 27.3 Å². The molecule has 3 heterocycles. The van der Waals surface area contributed by atoms with Gasteiger partial charge >= 0.3 is 0 Å². The molecule has 0 atom stereocenters. The number of nitrogens with zero attached hydrogens (tertiary/aromatic N) is 4. The Morgan fingerprint density at radius 2 is 2.21 bits per heavy atom. The lowest BCUT2D eigenvalue weighted by Crippen LogP contribution is -1.87. The van der Waals surface area contributed by atoms with Crippen molar-refractivity contribution in [3.05, 3.63) is 39.3 Å². The van der Waals surface area contributed by atoms with E-state index < -0.39 is 0 Å². The first-order valence-corrected chi connectivity index (χ1v) is 7.95. The number of aryl methyl sites for hydroxylation is 1. The maximum Gasteiger partial charge on any atom is 0.194 e. The standard InChI is InChI=1S/C13H13BrN4S/c1-17-5-9(12(14)16-17)4-10-6-18-7-11(8-2-3-8)19-13(18)15-10/h5-8H,2-4H2,1H3. The Kier molecular flexibility index (Phi) is 2.57. The van der Waals surface area contributed by atoms with E-state index >= 15 is 0 Å². The summed E-state index contributed by atoms with van der Waals surface area (Å²) in [4.78, 5) is 7.30. The molecule has 0 amide bonds. The highest BCUT2D eigenvalue weighted by atomic mass is 79.9. The predicted molar refractivity (Wildman–Crippen MR) is 78.8 cm³/mol. The molecule has 19 heavy (non-hydrogen) atoms. The molecule has 0 bridgehead atoms. The molecule has 4 rings (SSSR count). The highest BCUT2D eigenvalue weighted by Crippen LogP contribution is 2.43. The van der Waals surface area contributed by atoms with Crippen LogP contribution in [0.1, 0.15) is 34.9 Å². The van der Waals surface area contributed by atoms with E-state index in [1.54, 1.807) is 0 Å². The van der Waals surface area contributed by atoms with Gasteiger partial charge in [0.25, 0.3) is 0 Å². The molecule has 1 aliphatic rings. The van der Waals surface area contributed by atoms with Crippen LogP contribution in [0.5, 0.6) is 0 Å². The Bertz CT molecular complexity index is 718. The molecule has 98 valence electrons. The van der Waals surface area contributed by atoms with E-state index in [0.29, 0.717) is 0 Å². The number of fused-ring (bicyclic) bond motifs is 1. The SMILES string of the molecule is Cn1cc(Cc2cn3cc(C4CC4)sc3n2)c(Br)n1. The zero-order valence-electron chi connectivity index (χ0n) is 10.5. The number of halogens is 1. The van der Waals surface area contributed by atoms with Crippen LogP contribution in [-0.4, -0.2) is 19.2 Å². The van der Waals surface area contributed by atoms with Crippen molar-refractivity contribution < 1.29 is 0 Å². The van der Waals surface area contributed by atoms with Crippen molar-refractivity contribution in [2.45, 2.75) is 25.2 Å². The molecule has 4 nitrogen and oxygen atoms in total. The van der Waals surface area contributed by atoms with E-state index in [9.17, 15) is 0 Å². The van der Waals surface area contributed by atoms with Gasteiger partial charge in [-0.2, -0.15) is 5.10 Å². The molecule has 3 aromatic rings. The van der Waals surface area contributed by atoms with Crippen molar-refractivity contribution in [3.63, 3.8) is 0 Å². The molecule has 0 N–H and O–H groups in total. The lowest BCUT2D eigenvalue weighted by Gasteiger charge is -1.92. The molecule has 1 fully saturated rings. The second kappa shape index (κ2) is 4.18. The normalized spacial score (nSPS) is 15.5. The van der Waals surface area contributed by atoms with E-state index in [1.807, 2.05) is 29.3 Å². The molecule has 0 radical (unpaired) electrons. The van der Waals surface area contributed by atoms with Gasteiger partial charge in [0.15, 0.2) is 4.96 Å². The fraction of sp³-hybridized carbons (Fsp3) is 0.385. The molecule has 3 aromatic heterocycles. The molecule has 6 heteroatoms. The van der Waals surface area contributed by atoms with E-state index in [2.05, 4.69) is 37.8 Å². The summed E-state index contributed by atoms with van der Waals surface area (Å²) in [5.41, 5.74) is 2.28. The zero-order chi connectivity index (χ0) is 13.0. The summed E-state index contributed by atoms with van der Waals surface area (Å²) in [7, 11) is 1.93. The number of hydrogen-bond acceptors (Lipinski definition) is 3. The highest BCUT2D eigenvalue weighted by molar-refractivity contribution is 9.10. The van der Waals surface area contributed by atoms with E-state index in [4.69, 9.17) is 4.98 Å². The molecule has 0 unspecified atom stereocenters. The van der Waals surface area contributed by atoms with Crippen molar-refractivity contribution in [1.82, 2.24) is 19.2 Å². The van der Waals surface area contributed by atoms with Crippen LogP contribution in [-0.2, 0) is 13.5 Å². The van der Waals surface area contributed by atoms with Gasteiger partial charge in [-0.3, -0.25) is 9.08 Å². The fourth-order valence-electron chi connectivity index (χ4n) is 2.33. The predicted octanol–water partition coefficient (Wildman–Crippen LogP) is 3.36. The number of hydrogen-bond donors (Lipinski definition) is 0. The van der Waals surface area contributed by atoms with Crippen LogP contribution in [0.3, 0.4) is 0 Å². The molecule has 0 aliphatic heterocycles. The van der Waals surface area contributed by atoms with Crippen molar-refractivity contribution >= 4 is 32.2 Å². The van der Waals surface area contributed by atoms with Gasteiger partial charge in [0.2, 0.25) is 0 Å². The van der Waals surface area contributed by atoms with Crippen LogP contribution in [0.4, 0.5) is 0 Å². The average molecular weight is 337 g/mol. The fourth-order valence-corrected chi connectivity index (χ4v) is 3.97. The molecular weight excluding hydrogens is 324 g/mol. The second-order valence-corrected chi connectivity index (χ2v) is 6.92. The summed E-state index contributed by atoms with van der Waals surface area (Å²) in [6, 6.07) is 0. The quantitative estimate of drug-likeness (QED) is 0.735. The summed E-state index contributed by atoms with van der Waals surface area (Å²) < 4.78 is 4.89. The molecule has 1 aliphatic carbocycles. The van der Waals surface area contributed by atoms with Gasteiger partial charge < -0.3 is 0 Å². The number of aromatic nitrogens is 4. The largest absolute Gasteiger partial charge is 0.297 e. The number of rotatable bonds is 3. The van der Waals surface area contributed by atoms with Gasteiger partial charge in [-0.1, -0.05) is 0 Å². The summed E-state index contributed by atoms with van der Waals surface area (Å²) in [6.07, 6.45) is 9.93. The van der Waals surface area contributed by atoms with Gasteiger partial charge in [0, 0.05) is 42.5 Å². The molecular formula is C13H13BrN4S. The van der Waals surface area contributed by atoms with Crippen LogP contribution in [0, 0.1) is 0 Å². The Morgan fingerprint density at radius 1 is 1.37 bits per heavy atom. The monoisotopic (exact) mass is 336 g/mol. The van der Waals surface area contributed by atoms with E-state index in [-0.39, 0.29) is 0 Å². The maximum atomic E-state index is 4.71. The lowest BCUT2D eigenvalue weighted by atomic mass is 10.2. The molecule has 1 saturated carbocycles. The minimum absolute atomic E-state index is 0.808. The minimum atomic E-state index is 0.808. The van der Waals surface area contributed by atoms with Crippen molar-refractivity contribution in [3.8, 4) is 0 Å². The highest BCUT2D eigenvalue weighted by Gasteiger charge is 2.26. The van der Waals surface area contributed by atoms with Crippen molar-refractivity contribution in [1.29, 1.82) is 0 Å². The van der Waals surface area contributed by atoms with Crippen LogP contribution in [0.2, 0.25) is 0 Å². The van der Waals surface area contributed by atoms with Crippen molar-refractivity contribution in [2.24, 2.45) is 7.05 Å². The van der Waals surface area contributed by atoms with Gasteiger partial charge in [-0.15, -0.1) is 11.3 Å². The average Bonchev–Trinajstić information content (AvgIpc) is 2.92. The Balaban J connectivity index is 1.64. The minimum Gasteiger partial charge on any atom is -0.297 e. The zero-order valence-corrected chi connectivity index (χ0v) is 12.9. The van der Waals surface area contributed by atoms with E-state index in [0.717, 1.165) is 27.6 Å². The van der Waals surface area contributed by atoms with Crippen molar-refractivity contribution in [2.75, 3.05) is 0 Å². The summed E-state index contributed by atoms with van der Waals surface area (Å²) in [5, 5.41) is 4.30. The number of thiazole rings is 1. The third kappa shape index (κ3) is 2.12. The second-order valence-electron chi connectivity index (χ2n) is 5.13. The van der Waals surface area contributed by atoms with Gasteiger partial charge in [-0.05, 0) is 34.7 Å². The van der Waals surface area contributed by atoms with Gasteiger partial charge in [0.1, 0.15) is 4.60 Å². The van der Waals surface area contributed by atoms with Crippen LogP contribution < -0.4 is 0 Å². The Hall–Kier alpha value is -1.14. The summed E-state index contributed by atoms with van der Waals surface area (Å²) >= 11 is 5.31. The molecule has 0 spiro atoms. The lowest BCUT2D eigenvalue weighted by molar-refractivity contribution is 0.760. The molecule has 0 saturated heterocycles. The van der Waals surface area contributed by atoms with Gasteiger partial charge in [0.05, 0.1) is 5.69 Å². The first-order chi connectivity index (χ1) is 9.19. The smallest absolute Gasteiger partial charge is 0.194 e. The maximum absolute atomic E-state index is 4.71. The number of imidazole rings is 1. The third-order valence-electron chi connectivity index (χ3n) is 3.43. The van der Waals surface area contributed by atoms with Gasteiger partial charge in [-0.25, -0.2) is 4.98 Å². The van der Waals surface area contributed by atoms with E-state index in [1.165, 1.54) is 23.3 Å². The third-order valence-corrected chi connectivity index (χ3v) is 5.26.